The van der Waals surface area contributed by atoms with Gasteiger partial charge in [0.1, 0.15) is 5.75 Å². The first-order valence-corrected chi connectivity index (χ1v) is 7.10. The molecule has 0 heterocycles. The van der Waals surface area contributed by atoms with Gasteiger partial charge in [0.15, 0.2) is 0 Å². The first-order chi connectivity index (χ1) is 9.17. The molecule has 1 nitrogen and oxygen atoms in total. The fraction of sp³-hybridized carbons (Fsp3) is 0.294. The Labute approximate surface area is 119 Å². The van der Waals surface area contributed by atoms with E-state index in [-0.39, 0.29) is 0 Å². The van der Waals surface area contributed by atoms with Crippen LogP contribution < -0.4 is 0 Å². The third kappa shape index (κ3) is 4.29. The predicted molar refractivity (Wildman–Crippen MR) is 80.9 cm³/mol. The highest BCUT2D eigenvalue weighted by Crippen LogP contribution is 2.18. The second kappa shape index (κ2) is 6.63. The summed E-state index contributed by atoms with van der Waals surface area (Å²) in [6.45, 7) is 2.11. The number of halogens is 1. The van der Waals surface area contributed by atoms with Crippen LogP contribution in [0.3, 0.4) is 0 Å². The summed E-state index contributed by atoms with van der Waals surface area (Å²) in [5.74, 6) is 1.38. The van der Waals surface area contributed by atoms with E-state index in [1.807, 2.05) is 12.1 Å². The number of hydrogen-bond donors (Lipinski definition) is 1. The molecule has 1 unspecified atom stereocenters. The number of alkyl halides is 1. The van der Waals surface area contributed by atoms with Gasteiger partial charge in [0.05, 0.1) is 0 Å². The van der Waals surface area contributed by atoms with Crippen molar-refractivity contribution < 1.29 is 5.11 Å². The Morgan fingerprint density at radius 1 is 1.00 bits per heavy atom. The second-order valence-electron chi connectivity index (χ2n) is 5.08. The van der Waals surface area contributed by atoms with E-state index in [9.17, 15) is 5.11 Å². The zero-order valence-electron chi connectivity index (χ0n) is 11.1. The monoisotopic (exact) mass is 274 g/mol. The molecule has 2 heteroatoms. The molecule has 0 aliphatic heterocycles. The van der Waals surface area contributed by atoms with Crippen molar-refractivity contribution in [1.82, 2.24) is 0 Å². The fourth-order valence-electron chi connectivity index (χ4n) is 2.32. The normalized spacial score (nSPS) is 12.3. The highest BCUT2D eigenvalue weighted by atomic mass is 35.5. The minimum absolute atomic E-state index is 0.310. The molecule has 0 aromatic heterocycles. The van der Waals surface area contributed by atoms with Crippen molar-refractivity contribution in [2.45, 2.75) is 19.8 Å². The maximum atomic E-state index is 9.29. The molecule has 1 N–H and O–H groups in total. The van der Waals surface area contributed by atoms with Crippen molar-refractivity contribution in [2.24, 2.45) is 5.92 Å². The van der Waals surface area contributed by atoms with Crippen molar-refractivity contribution in [1.29, 1.82) is 0 Å². The minimum Gasteiger partial charge on any atom is -0.508 e. The van der Waals surface area contributed by atoms with Crippen molar-refractivity contribution in [3.8, 4) is 5.75 Å². The van der Waals surface area contributed by atoms with Crippen LogP contribution in [0.4, 0.5) is 0 Å². The van der Waals surface area contributed by atoms with Gasteiger partial charge in [-0.25, -0.2) is 0 Å². The summed E-state index contributed by atoms with van der Waals surface area (Å²) in [6, 6.07) is 16.0. The first-order valence-electron chi connectivity index (χ1n) is 6.57. The Bertz CT molecular complexity index is 519. The van der Waals surface area contributed by atoms with Gasteiger partial charge in [0.2, 0.25) is 0 Å². The molecule has 0 saturated carbocycles. The average Bonchev–Trinajstić information content (AvgIpc) is 2.40. The molecule has 0 aliphatic rings. The molecule has 0 spiro atoms. The highest BCUT2D eigenvalue weighted by molar-refractivity contribution is 6.18. The molecule has 1 atom stereocenters. The minimum atomic E-state index is 0.310. The molecular weight excluding hydrogens is 256 g/mol. The van der Waals surface area contributed by atoms with Crippen molar-refractivity contribution in [2.75, 3.05) is 5.88 Å². The summed E-state index contributed by atoms with van der Waals surface area (Å²) in [6.07, 6.45) is 1.93. The van der Waals surface area contributed by atoms with Gasteiger partial charge >= 0.3 is 0 Å². The third-order valence-corrected chi connectivity index (χ3v) is 3.72. The van der Waals surface area contributed by atoms with Crippen LogP contribution in [0.2, 0.25) is 0 Å². The van der Waals surface area contributed by atoms with E-state index in [0.29, 0.717) is 17.5 Å². The summed E-state index contributed by atoms with van der Waals surface area (Å²) in [5, 5.41) is 9.29. The Morgan fingerprint density at radius 2 is 1.68 bits per heavy atom. The summed E-state index contributed by atoms with van der Waals surface area (Å²) >= 11 is 6.09. The van der Waals surface area contributed by atoms with E-state index < -0.39 is 0 Å². The number of phenols is 1. The Hall–Kier alpha value is -1.47. The van der Waals surface area contributed by atoms with E-state index in [0.717, 1.165) is 12.8 Å². The quantitative estimate of drug-likeness (QED) is 0.804. The van der Waals surface area contributed by atoms with E-state index in [2.05, 4.69) is 31.2 Å². The zero-order chi connectivity index (χ0) is 13.7. The summed E-state index contributed by atoms with van der Waals surface area (Å²) in [4.78, 5) is 0. The van der Waals surface area contributed by atoms with Crippen LogP contribution >= 0.6 is 11.6 Å². The molecule has 2 aromatic rings. The van der Waals surface area contributed by atoms with Crippen LogP contribution in [0.25, 0.3) is 0 Å². The lowest BCUT2D eigenvalue weighted by Gasteiger charge is -2.14. The van der Waals surface area contributed by atoms with Crippen LogP contribution in [-0.4, -0.2) is 11.0 Å². The average molecular weight is 275 g/mol. The number of aromatic hydroxyl groups is 1. The number of benzene rings is 2. The molecule has 2 rings (SSSR count). The van der Waals surface area contributed by atoms with E-state index in [1.165, 1.54) is 16.7 Å². The number of aryl methyl sites for hydroxylation is 1. The Kier molecular flexibility index (Phi) is 4.86. The van der Waals surface area contributed by atoms with Gasteiger partial charge in [-0.05, 0) is 48.9 Å². The molecule has 2 aromatic carbocycles. The Balaban J connectivity index is 2.02. The van der Waals surface area contributed by atoms with E-state index >= 15 is 0 Å². The number of rotatable bonds is 5. The lowest BCUT2D eigenvalue weighted by atomic mass is 9.93. The van der Waals surface area contributed by atoms with E-state index in [4.69, 9.17) is 11.6 Å². The maximum absolute atomic E-state index is 9.29. The van der Waals surface area contributed by atoms with Crippen molar-refractivity contribution in [3.63, 3.8) is 0 Å². The standard InChI is InChI=1S/C17H19ClO/c1-13-3-2-4-15(9-13)11-16(12-18)10-14-5-7-17(19)8-6-14/h2-9,16,19H,10-12H2,1H3. The Morgan fingerprint density at radius 3 is 2.32 bits per heavy atom. The molecular formula is C17H19ClO. The summed E-state index contributed by atoms with van der Waals surface area (Å²) < 4.78 is 0. The lowest BCUT2D eigenvalue weighted by molar-refractivity contribution is 0.474. The van der Waals surface area contributed by atoms with Crippen LogP contribution in [0.5, 0.6) is 5.75 Å². The van der Waals surface area contributed by atoms with Gasteiger partial charge in [-0.15, -0.1) is 11.6 Å². The molecule has 100 valence electrons. The largest absolute Gasteiger partial charge is 0.508 e. The van der Waals surface area contributed by atoms with Gasteiger partial charge < -0.3 is 5.11 Å². The van der Waals surface area contributed by atoms with E-state index in [1.54, 1.807) is 12.1 Å². The smallest absolute Gasteiger partial charge is 0.115 e. The molecule has 0 aliphatic carbocycles. The molecule has 0 amide bonds. The SMILES string of the molecule is Cc1cccc(CC(CCl)Cc2ccc(O)cc2)c1. The van der Waals surface area contributed by atoms with Crippen LogP contribution in [0.15, 0.2) is 48.5 Å². The molecule has 0 bridgehead atoms. The van der Waals surface area contributed by atoms with Gasteiger partial charge in [0, 0.05) is 5.88 Å². The van der Waals surface area contributed by atoms with Crippen LogP contribution in [-0.2, 0) is 12.8 Å². The van der Waals surface area contributed by atoms with Gasteiger partial charge in [0.25, 0.3) is 0 Å². The molecule has 0 fully saturated rings. The predicted octanol–water partition coefficient (Wildman–Crippen LogP) is 4.34. The highest BCUT2D eigenvalue weighted by Gasteiger charge is 2.10. The zero-order valence-corrected chi connectivity index (χ0v) is 11.9. The summed E-state index contributed by atoms with van der Waals surface area (Å²) in [5.41, 5.74) is 3.84. The summed E-state index contributed by atoms with van der Waals surface area (Å²) in [7, 11) is 0. The first kappa shape index (κ1) is 14.0. The molecule has 0 saturated heterocycles. The lowest BCUT2D eigenvalue weighted by Crippen LogP contribution is -2.10. The maximum Gasteiger partial charge on any atom is 0.115 e. The molecule has 19 heavy (non-hydrogen) atoms. The van der Waals surface area contributed by atoms with Gasteiger partial charge in [-0.2, -0.15) is 0 Å². The topological polar surface area (TPSA) is 20.2 Å². The number of hydrogen-bond acceptors (Lipinski definition) is 1. The second-order valence-corrected chi connectivity index (χ2v) is 5.39. The molecule has 0 radical (unpaired) electrons. The van der Waals surface area contributed by atoms with Crippen LogP contribution in [0.1, 0.15) is 16.7 Å². The fourth-order valence-corrected chi connectivity index (χ4v) is 2.54. The van der Waals surface area contributed by atoms with Gasteiger partial charge in [-0.1, -0.05) is 42.0 Å². The van der Waals surface area contributed by atoms with Crippen molar-refractivity contribution >= 4 is 11.6 Å². The van der Waals surface area contributed by atoms with Gasteiger partial charge in [-0.3, -0.25) is 0 Å². The number of phenolic OH excluding ortho intramolecular Hbond substituents is 1. The van der Waals surface area contributed by atoms with Crippen molar-refractivity contribution in [3.05, 3.63) is 65.2 Å². The third-order valence-electron chi connectivity index (χ3n) is 3.29. The van der Waals surface area contributed by atoms with Crippen LogP contribution in [0, 0.1) is 12.8 Å².